The van der Waals surface area contributed by atoms with Gasteiger partial charge in [0.2, 0.25) is 0 Å². The number of carbonyl (C=O) groups excluding carboxylic acids is 1. The Morgan fingerprint density at radius 2 is 2.06 bits per heavy atom. The first-order valence-corrected chi connectivity index (χ1v) is 4.92. The monoisotopic (exact) mass is 213 g/mol. The lowest BCUT2D eigenvalue weighted by atomic mass is 9.99. The number of benzene rings is 1. The summed E-state index contributed by atoms with van der Waals surface area (Å²) in [6.45, 7) is 0. The van der Waals surface area contributed by atoms with E-state index in [2.05, 4.69) is 11.4 Å². The molecule has 16 heavy (non-hydrogen) atoms. The molecule has 80 valence electrons. The summed E-state index contributed by atoms with van der Waals surface area (Å²) in [5, 5.41) is 11.8. The molecule has 4 heteroatoms. The van der Waals surface area contributed by atoms with E-state index in [1.54, 1.807) is 13.2 Å². The van der Waals surface area contributed by atoms with Crippen LogP contribution in [-0.2, 0) is 0 Å². The van der Waals surface area contributed by atoms with Crippen LogP contribution in [0.15, 0.2) is 42.1 Å². The van der Waals surface area contributed by atoms with Crippen LogP contribution in [0.1, 0.15) is 11.6 Å². The minimum atomic E-state index is -0.338. The van der Waals surface area contributed by atoms with Crippen LogP contribution in [0.5, 0.6) is 0 Å². The smallest absolute Gasteiger partial charge is 0.321 e. The van der Waals surface area contributed by atoms with Crippen LogP contribution in [0.2, 0.25) is 0 Å². The van der Waals surface area contributed by atoms with Gasteiger partial charge in [-0.05, 0) is 5.56 Å². The molecule has 0 aliphatic carbocycles. The Morgan fingerprint density at radius 1 is 1.38 bits per heavy atom. The second-order valence-corrected chi connectivity index (χ2v) is 3.60. The number of nitriles is 1. The van der Waals surface area contributed by atoms with Gasteiger partial charge < -0.3 is 10.2 Å². The zero-order valence-corrected chi connectivity index (χ0v) is 8.84. The number of urea groups is 1. The lowest BCUT2D eigenvalue weighted by molar-refractivity contribution is 0.216. The molecule has 1 unspecified atom stereocenters. The van der Waals surface area contributed by atoms with Crippen LogP contribution in [0, 0.1) is 11.3 Å². The van der Waals surface area contributed by atoms with Crippen LogP contribution >= 0.6 is 0 Å². The number of amides is 2. The maximum atomic E-state index is 11.5. The molecule has 1 aromatic rings. The molecule has 0 aromatic heterocycles. The second-order valence-electron chi connectivity index (χ2n) is 3.60. The number of nitrogens with one attached hydrogen (secondary N) is 1. The Kier molecular flexibility index (Phi) is 2.61. The molecule has 2 amide bonds. The van der Waals surface area contributed by atoms with Crippen molar-refractivity contribution < 1.29 is 4.79 Å². The fourth-order valence-electron chi connectivity index (χ4n) is 1.65. The van der Waals surface area contributed by atoms with Gasteiger partial charge in [0.15, 0.2) is 0 Å². The number of hydrogen-bond donors (Lipinski definition) is 1. The third-order valence-corrected chi connectivity index (χ3v) is 2.49. The quantitative estimate of drug-likeness (QED) is 0.773. The Morgan fingerprint density at radius 3 is 2.69 bits per heavy atom. The van der Waals surface area contributed by atoms with Gasteiger partial charge >= 0.3 is 6.03 Å². The Bertz CT molecular complexity index is 473. The van der Waals surface area contributed by atoms with Crippen molar-refractivity contribution in [3.63, 3.8) is 0 Å². The molecule has 2 rings (SSSR count). The average molecular weight is 213 g/mol. The van der Waals surface area contributed by atoms with E-state index in [-0.39, 0.29) is 12.1 Å². The highest BCUT2D eigenvalue weighted by Gasteiger charge is 2.25. The molecule has 1 N–H and O–H groups in total. The van der Waals surface area contributed by atoms with E-state index < -0.39 is 0 Å². The van der Waals surface area contributed by atoms with Crippen molar-refractivity contribution >= 4 is 6.03 Å². The van der Waals surface area contributed by atoms with Crippen LogP contribution in [0.4, 0.5) is 4.79 Å². The molecule has 0 saturated heterocycles. The molecule has 1 aromatic carbocycles. The van der Waals surface area contributed by atoms with E-state index in [9.17, 15) is 4.79 Å². The number of rotatable bonds is 1. The minimum Gasteiger partial charge on any atom is -0.326 e. The summed E-state index contributed by atoms with van der Waals surface area (Å²) in [4.78, 5) is 12.9. The summed E-state index contributed by atoms with van der Waals surface area (Å²) in [5.41, 5.74) is 1.45. The summed E-state index contributed by atoms with van der Waals surface area (Å²) < 4.78 is 0. The molecule has 0 saturated carbocycles. The van der Waals surface area contributed by atoms with Crippen molar-refractivity contribution in [1.29, 1.82) is 5.26 Å². The fraction of sp³-hybridized carbons (Fsp3) is 0.167. The molecular formula is C12H11N3O. The van der Waals surface area contributed by atoms with E-state index in [1.807, 2.05) is 30.3 Å². The van der Waals surface area contributed by atoms with Crippen molar-refractivity contribution in [2.75, 3.05) is 7.05 Å². The SMILES string of the molecule is CN1C=C(C#N)C(c2ccccc2)NC1=O. The largest absolute Gasteiger partial charge is 0.326 e. The number of nitrogens with zero attached hydrogens (tertiary/aromatic N) is 2. The van der Waals surface area contributed by atoms with Crippen LogP contribution < -0.4 is 5.32 Å². The molecule has 0 spiro atoms. The highest BCUT2D eigenvalue weighted by atomic mass is 16.2. The molecule has 1 atom stereocenters. The van der Waals surface area contributed by atoms with E-state index in [0.29, 0.717) is 5.57 Å². The first-order valence-electron chi connectivity index (χ1n) is 4.92. The van der Waals surface area contributed by atoms with Crippen LogP contribution in [0.25, 0.3) is 0 Å². The fourth-order valence-corrected chi connectivity index (χ4v) is 1.65. The lowest BCUT2D eigenvalue weighted by Crippen LogP contribution is -2.41. The summed E-state index contributed by atoms with van der Waals surface area (Å²) in [6.07, 6.45) is 1.57. The average Bonchev–Trinajstić information content (AvgIpc) is 2.33. The van der Waals surface area contributed by atoms with Gasteiger partial charge in [-0.2, -0.15) is 5.26 Å². The van der Waals surface area contributed by atoms with Gasteiger partial charge in [-0.15, -0.1) is 0 Å². The Balaban J connectivity index is 2.39. The molecule has 1 heterocycles. The maximum absolute atomic E-state index is 11.5. The van der Waals surface area contributed by atoms with Gasteiger partial charge in [0.25, 0.3) is 0 Å². The predicted molar refractivity (Wildman–Crippen MR) is 59.2 cm³/mol. The summed E-state index contributed by atoms with van der Waals surface area (Å²) in [6, 6.07) is 11.0. The summed E-state index contributed by atoms with van der Waals surface area (Å²) in [7, 11) is 1.62. The van der Waals surface area contributed by atoms with Gasteiger partial charge in [-0.3, -0.25) is 0 Å². The second kappa shape index (κ2) is 4.07. The Hall–Kier alpha value is -2.28. The zero-order valence-electron chi connectivity index (χ0n) is 8.84. The first kappa shape index (κ1) is 10.2. The molecular weight excluding hydrogens is 202 g/mol. The van der Waals surface area contributed by atoms with E-state index in [4.69, 9.17) is 5.26 Å². The molecule has 1 aliphatic rings. The first-order chi connectivity index (χ1) is 7.72. The summed E-state index contributed by atoms with van der Waals surface area (Å²) in [5.74, 6) is 0. The Labute approximate surface area is 93.8 Å². The lowest BCUT2D eigenvalue weighted by Gasteiger charge is -2.27. The van der Waals surface area contributed by atoms with E-state index in [0.717, 1.165) is 5.56 Å². The van der Waals surface area contributed by atoms with Gasteiger partial charge in [-0.1, -0.05) is 30.3 Å². The van der Waals surface area contributed by atoms with Crippen molar-refractivity contribution in [1.82, 2.24) is 10.2 Å². The number of hydrogen-bond acceptors (Lipinski definition) is 2. The molecule has 0 bridgehead atoms. The van der Waals surface area contributed by atoms with Crippen molar-refractivity contribution in [3.8, 4) is 6.07 Å². The predicted octanol–water partition coefficient (Wildman–Crippen LogP) is 1.79. The third kappa shape index (κ3) is 1.75. The topological polar surface area (TPSA) is 56.1 Å². The molecule has 0 fully saturated rings. The van der Waals surface area contributed by atoms with Gasteiger partial charge in [0.05, 0.1) is 17.7 Å². The van der Waals surface area contributed by atoms with Gasteiger partial charge in [0, 0.05) is 13.2 Å². The normalized spacial score (nSPS) is 19.8. The molecule has 0 radical (unpaired) electrons. The van der Waals surface area contributed by atoms with Gasteiger partial charge in [0.1, 0.15) is 0 Å². The van der Waals surface area contributed by atoms with E-state index in [1.165, 1.54) is 4.90 Å². The van der Waals surface area contributed by atoms with Crippen LogP contribution in [0.3, 0.4) is 0 Å². The van der Waals surface area contributed by atoms with Crippen molar-refractivity contribution in [2.45, 2.75) is 6.04 Å². The van der Waals surface area contributed by atoms with E-state index >= 15 is 0 Å². The summed E-state index contributed by atoms with van der Waals surface area (Å²) >= 11 is 0. The van der Waals surface area contributed by atoms with Crippen molar-refractivity contribution in [3.05, 3.63) is 47.7 Å². The highest BCUT2D eigenvalue weighted by molar-refractivity contribution is 5.78. The van der Waals surface area contributed by atoms with Crippen LogP contribution in [-0.4, -0.2) is 18.0 Å². The minimum absolute atomic E-state index is 0.201. The highest BCUT2D eigenvalue weighted by Crippen LogP contribution is 2.24. The number of carbonyl (C=O) groups is 1. The third-order valence-electron chi connectivity index (χ3n) is 2.49. The zero-order chi connectivity index (χ0) is 11.5. The molecule has 4 nitrogen and oxygen atoms in total. The van der Waals surface area contributed by atoms with Crippen molar-refractivity contribution in [2.24, 2.45) is 0 Å². The maximum Gasteiger partial charge on any atom is 0.321 e. The van der Waals surface area contributed by atoms with Gasteiger partial charge in [-0.25, -0.2) is 4.79 Å². The standard InChI is InChI=1S/C12H11N3O/c1-15-8-10(7-13)11(14-12(15)16)9-5-3-2-4-6-9/h2-6,8,11H,1H3,(H,14,16). The molecule has 1 aliphatic heterocycles.